The number of rotatable bonds is 4. The zero-order chi connectivity index (χ0) is 10.6. The number of thiol groups is 1. The number of benzene rings is 1. The normalized spacial score (nSPS) is 13.8. The summed E-state index contributed by atoms with van der Waals surface area (Å²) in [4.78, 5) is 0. The Labute approximate surface area is 103 Å². The third-order valence-corrected chi connectivity index (χ3v) is 2.10. The molecule has 0 fully saturated rings. The van der Waals surface area contributed by atoms with Crippen molar-refractivity contribution < 1.29 is 4.74 Å². The summed E-state index contributed by atoms with van der Waals surface area (Å²) in [7, 11) is 0. The van der Waals surface area contributed by atoms with Crippen LogP contribution in [0, 0.1) is 0 Å². The molecule has 0 aromatic heterocycles. The molecule has 0 amide bonds. The van der Waals surface area contributed by atoms with Crippen LogP contribution in [0.3, 0.4) is 0 Å². The summed E-state index contributed by atoms with van der Waals surface area (Å²) in [6, 6.07) is 7.45. The topological polar surface area (TPSA) is 35.2 Å². The molecule has 0 aliphatic carbocycles. The number of hydrogen-bond acceptors (Lipinski definition) is 3. The van der Waals surface area contributed by atoms with Crippen LogP contribution >= 0.6 is 25.0 Å². The number of halogens is 1. The van der Waals surface area contributed by atoms with E-state index in [0.29, 0.717) is 5.25 Å². The lowest BCUT2D eigenvalue weighted by molar-refractivity contribution is 0.212. The molecule has 1 aromatic carbocycles. The predicted octanol–water partition coefficient (Wildman–Crippen LogP) is 3.17. The third kappa shape index (κ3) is 5.80. The minimum Gasteiger partial charge on any atom is -0.491 e. The van der Waals surface area contributed by atoms with E-state index in [1.165, 1.54) is 0 Å². The van der Waals surface area contributed by atoms with Gasteiger partial charge in [0.05, 0.1) is 6.10 Å². The van der Waals surface area contributed by atoms with E-state index >= 15 is 0 Å². The fraction of sp³-hybridized carbons (Fsp3) is 0.455. The van der Waals surface area contributed by atoms with Gasteiger partial charge in [0.1, 0.15) is 5.75 Å². The highest BCUT2D eigenvalue weighted by Crippen LogP contribution is 2.17. The van der Waals surface area contributed by atoms with Gasteiger partial charge in [0.15, 0.2) is 0 Å². The first-order valence-corrected chi connectivity index (χ1v) is 5.30. The van der Waals surface area contributed by atoms with Gasteiger partial charge in [0, 0.05) is 10.9 Å². The molecule has 2 unspecified atom stereocenters. The molecule has 0 bridgehead atoms. The number of ether oxygens (including phenoxy) is 1. The highest BCUT2D eigenvalue weighted by molar-refractivity contribution is 7.80. The van der Waals surface area contributed by atoms with Crippen molar-refractivity contribution in [3.63, 3.8) is 0 Å². The summed E-state index contributed by atoms with van der Waals surface area (Å²) in [5, 5.41) is 0.360. The summed E-state index contributed by atoms with van der Waals surface area (Å²) in [6.45, 7) is 4.11. The van der Waals surface area contributed by atoms with Crippen LogP contribution < -0.4 is 10.5 Å². The van der Waals surface area contributed by atoms with Crippen LogP contribution in [-0.4, -0.2) is 11.4 Å². The SMILES string of the molecule is CC(S)CC(C)Oc1ccc(N)cc1.Cl. The molecule has 0 heterocycles. The molecule has 0 aliphatic heterocycles. The largest absolute Gasteiger partial charge is 0.491 e. The molecule has 2 N–H and O–H groups in total. The Morgan fingerprint density at radius 1 is 1.27 bits per heavy atom. The van der Waals surface area contributed by atoms with Crippen molar-refractivity contribution >= 4 is 30.7 Å². The maximum atomic E-state index is 5.68. The lowest BCUT2D eigenvalue weighted by atomic mass is 10.2. The number of hydrogen-bond donors (Lipinski definition) is 2. The molecule has 2 nitrogen and oxygen atoms in total. The van der Waals surface area contributed by atoms with E-state index in [4.69, 9.17) is 10.5 Å². The summed E-state index contributed by atoms with van der Waals surface area (Å²) in [5.74, 6) is 0.862. The lowest BCUT2D eigenvalue weighted by Gasteiger charge is -2.16. The van der Waals surface area contributed by atoms with Gasteiger partial charge >= 0.3 is 0 Å². The molecular formula is C11H18ClNOS. The minimum absolute atomic E-state index is 0. The van der Waals surface area contributed by atoms with E-state index in [1.54, 1.807) is 0 Å². The quantitative estimate of drug-likeness (QED) is 0.633. The van der Waals surface area contributed by atoms with Crippen LogP contribution in [0.25, 0.3) is 0 Å². The first kappa shape index (κ1) is 14.5. The van der Waals surface area contributed by atoms with E-state index in [-0.39, 0.29) is 18.5 Å². The van der Waals surface area contributed by atoms with Crippen LogP contribution in [0.1, 0.15) is 20.3 Å². The molecule has 86 valence electrons. The second-order valence-electron chi connectivity index (χ2n) is 3.58. The minimum atomic E-state index is 0. The molecular weight excluding hydrogens is 230 g/mol. The molecule has 1 rings (SSSR count). The van der Waals surface area contributed by atoms with Gasteiger partial charge in [-0.3, -0.25) is 0 Å². The second kappa shape index (κ2) is 6.85. The van der Waals surface area contributed by atoms with Crippen molar-refractivity contribution in [2.45, 2.75) is 31.6 Å². The van der Waals surface area contributed by atoms with Gasteiger partial charge < -0.3 is 10.5 Å². The summed E-state index contributed by atoms with van der Waals surface area (Å²) in [5.41, 5.74) is 6.33. The number of anilines is 1. The molecule has 15 heavy (non-hydrogen) atoms. The molecule has 2 atom stereocenters. The summed E-state index contributed by atoms with van der Waals surface area (Å²) in [6.07, 6.45) is 1.12. The van der Waals surface area contributed by atoms with Crippen molar-refractivity contribution in [3.8, 4) is 5.75 Å². The molecule has 0 aliphatic rings. The fourth-order valence-corrected chi connectivity index (χ4v) is 1.60. The average molecular weight is 248 g/mol. The predicted molar refractivity (Wildman–Crippen MR) is 71.3 cm³/mol. The highest BCUT2D eigenvalue weighted by atomic mass is 35.5. The van der Waals surface area contributed by atoms with Gasteiger partial charge in [0.2, 0.25) is 0 Å². The zero-order valence-electron chi connectivity index (χ0n) is 9.01. The van der Waals surface area contributed by atoms with Crippen molar-refractivity contribution in [1.82, 2.24) is 0 Å². The third-order valence-electron chi connectivity index (χ3n) is 1.89. The van der Waals surface area contributed by atoms with Crippen LogP contribution in [0.15, 0.2) is 24.3 Å². The first-order valence-electron chi connectivity index (χ1n) is 4.78. The van der Waals surface area contributed by atoms with Gasteiger partial charge in [-0.1, -0.05) is 6.92 Å². The molecule has 1 aromatic rings. The van der Waals surface area contributed by atoms with E-state index in [0.717, 1.165) is 17.9 Å². The van der Waals surface area contributed by atoms with E-state index < -0.39 is 0 Å². The van der Waals surface area contributed by atoms with Crippen molar-refractivity contribution in [1.29, 1.82) is 0 Å². The van der Waals surface area contributed by atoms with Crippen molar-refractivity contribution in [2.75, 3.05) is 5.73 Å². The molecule has 4 heteroatoms. The van der Waals surface area contributed by atoms with E-state index in [1.807, 2.05) is 31.2 Å². The Hall–Kier alpha value is -0.540. The monoisotopic (exact) mass is 247 g/mol. The smallest absolute Gasteiger partial charge is 0.119 e. The van der Waals surface area contributed by atoms with E-state index in [2.05, 4.69) is 19.6 Å². The number of nitrogens with two attached hydrogens (primary N) is 1. The maximum Gasteiger partial charge on any atom is 0.119 e. The van der Waals surface area contributed by atoms with Crippen LogP contribution in [0.4, 0.5) is 5.69 Å². The van der Waals surface area contributed by atoms with Crippen LogP contribution in [0.2, 0.25) is 0 Å². The average Bonchev–Trinajstić information content (AvgIpc) is 2.07. The number of nitrogen functional groups attached to an aromatic ring is 1. The van der Waals surface area contributed by atoms with Gasteiger partial charge in [-0.2, -0.15) is 12.6 Å². The summed E-state index contributed by atoms with van der Waals surface area (Å²) >= 11 is 4.32. The van der Waals surface area contributed by atoms with E-state index in [9.17, 15) is 0 Å². The lowest BCUT2D eigenvalue weighted by Crippen LogP contribution is -2.15. The zero-order valence-corrected chi connectivity index (χ0v) is 10.7. The Kier molecular flexibility index (Phi) is 6.61. The Bertz CT molecular complexity index is 276. The Balaban J connectivity index is 0.00000196. The summed E-state index contributed by atoms with van der Waals surface area (Å²) < 4.78 is 5.68. The van der Waals surface area contributed by atoms with Crippen LogP contribution in [-0.2, 0) is 0 Å². The molecule has 0 saturated carbocycles. The molecule has 0 radical (unpaired) electrons. The van der Waals surface area contributed by atoms with Crippen molar-refractivity contribution in [2.24, 2.45) is 0 Å². The van der Waals surface area contributed by atoms with Crippen molar-refractivity contribution in [3.05, 3.63) is 24.3 Å². The second-order valence-corrected chi connectivity index (χ2v) is 4.46. The van der Waals surface area contributed by atoms with Crippen LogP contribution in [0.5, 0.6) is 5.75 Å². The fourth-order valence-electron chi connectivity index (χ4n) is 1.31. The Morgan fingerprint density at radius 2 is 1.80 bits per heavy atom. The van der Waals surface area contributed by atoms with Gasteiger partial charge in [0.25, 0.3) is 0 Å². The Morgan fingerprint density at radius 3 is 2.27 bits per heavy atom. The first-order chi connectivity index (χ1) is 6.58. The molecule has 0 spiro atoms. The molecule has 0 saturated heterocycles. The van der Waals surface area contributed by atoms with Gasteiger partial charge in [-0.05, 0) is 37.6 Å². The standard InChI is InChI=1S/C11H17NOS.ClH/c1-8(7-9(2)14)13-11-5-3-10(12)4-6-11;/h3-6,8-9,14H,7,12H2,1-2H3;1H. The van der Waals surface area contributed by atoms with Gasteiger partial charge in [-0.25, -0.2) is 0 Å². The maximum absolute atomic E-state index is 5.68. The highest BCUT2D eigenvalue weighted by Gasteiger charge is 2.06. The van der Waals surface area contributed by atoms with Gasteiger partial charge in [-0.15, -0.1) is 12.4 Å².